The number of para-hydroxylation sites is 1. The molecular weight excluding hydrogens is 376 g/mol. The van der Waals surface area contributed by atoms with Crippen molar-refractivity contribution in [1.29, 1.82) is 0 Å². The number of methoxy groups -OCH3 is 1. The number of carbonyl (C=O) groups excluding carboxylic acids is 1. The topological polar surface area (TPSA) is 50.8 Å². The van der Waals surface area contributed by atoms with Crippen LogP contribution in [0.1, 0.15) is 63.7 Å². The van der Waals surface area contributed by atoms with Crippen LogP contribution >= 0.6 is 0 Å². The maximum absolute atomic E-state index is 12.9. The minimum absolute atomic E-state index is 0.115. The van der Waals surface area contributed by atoms with Crippen LogP contribution in [0.3, 0.4) is 0 Å². The molecule has 30 heavy (non-hydrogen) atoms. The Morgan fingerprint density at radius 3 is 2.77 bits per heavy atom. The summed E-state index contributed by atoms with van der Waals surface area (Å²) in [6, 6.07) is 5.87. The zero-order chi connectivity index (χ0) is 21.9. The standard InChI is InChI=1S/C25H38N2O3/c1-6-27-16-9-12-21(27)18-26-25(28)22-13-8-14-23(29-5)24(22)30-17-15-20(4)11-7-10-19(2)3/h8,10,13-15,21H,6-7,9,11-12,16-18H2,1-5H3,(H,26,28)/b20-15+. The molecule has 1 aromatic carbocycles. The van der Waals surface area contributed by atoms with E-state index in [1.165, 1.54) is 17.6 Å². The lowest BCUT2D eigenvalue weighted by molar-refractivity contribution is 0.0937. The highest BCUT2D eigenvalue weighted by Crippen LogP contribution is 2.31. The summed E-state index contributed by atoms with van der Waals surface area (Å²) in [5, 5.41) is 3.10. The number of carbonyl (C=O) groups is 1. The molecule has 1 N–H and O–H groups in total. The number of likely N-dealkylation sites (N-methyl/N-ethyl adjacent to an activating group) is 1. The Morgan fingerprint density at radius 2 is 2.07 bits per heavy atom. The zero-order valence-corrected chi connectivity index (χ0v) is 19.3. The molecule has 1 amide bonds. The summed E-state index contributed by atoms with van der Waals surface area (Å²) in [4.78, 5) is 15.3. The third kappa shape index (κ3) is 7.21. The molecule has 2 rings (SSSR count). The van der Waals surface area contributed by atoms with Gasteiger partial charge in [0.05, 0.1) is 12.7 Å². The predicted molar refractivity (Wildman–Crippen MR) is 124 cm³/mol. The van der Waals surface area contributed by atoms with Gasteiger partial charge in [0.25, 0.3) is 5.91 Å². The van der Waals surface area contributed by atoms with Crippen molar-refractivity contribution in [3.63, 3.8) is 0 Å². The number of hydrogen-bond donors (Lipinski definition) is 1. The van der Waals surface area contributed by atoms with Crippen molar-refractivity contribution in [2.24, 2.45) is 0 Å². The van der Waals surface area contributed by atoms with E-state index in [9.17, 15) is 4.79 Å². The van der Waals surface area contributed by atoms with Gasteiger partial charge in [0, 0.05) is 12.6 Å². The lowest BCUT2D eigenvalue weighted by Gasteiger charge is -2.23. The van der Waals surface area contributed by atoms with Crippen LogP contribution in [0.4, 0.5) is 0 Å². The fourth-order valence-electron chi connectivity index (χ4n) is 3.81. The fraction of sp³-hybridized carbons (Fsp3) is 0.560. The number of amides is 1. The Hall–Kier alpha value is -2.27. The van der Waals surface area contributed by atoms with E-state index in [0.29, 0.717) is 36.3 Å². The van der Waals surface area contributed by atoms with Crippen LogP contribution in [0.15, 0.2) is 41.5 Å². The molecule has 1 aliphatic heterocycles. The highest BCUT2D eigenvalue weighted by Gasteiger charge is 2.24. The first-order valence-electron chi connectivity index (χ1n) is 11.1. The van der Waals surface area contributed by atoms with Crippen LogP contribution in [0.25, 0.3) is 0 Å². The van der Waals surface area contributed by atoms with E-state index in [4.69, 9.17) is 9.47 Å². The molecule has 1 heterocycles. The van der Waals surface area contributed by atoms with Gasteiger partial charge in [-0.2, -0.15) is 0 Å². The van der Waals surface area contributed by atoms with E-state index < -0.39 is 0 Å². The van der Waals surface area contributed by atoms with Crippen LogP contribution in [0.2, 0.25) is 0 Å². The highest BCUT2D eigenvalue weighted by molar-refractivity contribution is 5.97. The third-order valence-electron chi connectivity index (χ3n) is 5.60. The molecule has 1 atom stereocenters. The number of nitrogens with one attached hydrogen (secondary N) is 1. The lowest BCUT2D eigenvalue weighted by atomic mass is 10.1. The number of benzene rings is 1. The molecule has 0 radical (unpaired) electrons. The first-order valence-corrected chi connectivity index (χ1v) is 11.1. The van der Waals surface area contributed by atoms with Crippen LogP contribution in [0, 0.1) is 0 Å². The van der Waals surface area contributed by atoms with E-state index in [2.05, 4.69) is 50.1 Å². The van der Waals surface area contributed by atoms with Gasteiger partial charge in [0.2, 0.25) is 0 Å². The zero-order valence-electron chi connectivity index (χ0n) is 19.3. The minimum Gasteiger partial charge on any atom is -0.493 e. The van der Waals surface area contributed by atoms with Crippen LogP contribution in [0.5, 0.6) is 11.5 Å². The Kier molecular flexibility index (Phi) is 9.95. The fourth-order valence-corrected chi connectivity index (χ4v) is 3.81. The average Bonchev–Trinajstić information content (AvgIpc) is 3.19. The second-order valence-corrected chi connectivity index (χ2v) is 8.15. The quantitative estimate of drug-likeness (QED) is 0.519. The number of allylic oxidation sites excluding steroid dienone is 3. The molecule has 0 aliphatic carbocycles. The maximum atomic E-state index is 12.9. The summed E-state index contributed by atoms with van der Waals surface area (Å²) in [6.07, 6.45) is 8.68. The van der Waals surface area contributed by atoms with E-state index >= 15 is 0 Å². The first kappa shape index (κ1) is 24.0. The molecule has 0 bridgehead atoms. The van der Waals surface area contributed by atoms with Gasteiger partial charge < -0.3 is 14.8 Å². The minimum atomic E-state index is -0.115. The van der Waals surface area contributed by atoms with E-state index in [0.717, 1.165) is 32.4 Å². The molecular formula is C25H38N2O3. The molecule has 0 aromatic heterocycles. The van der Waals surface area contributed by atoms with Gasteiger partial charge in [-0.3, -0.25) is 9.69 Å². The molecule has 1 aromatic rings. The normalized spacial score (nSPS) is 17.0. The Morgan fingerprint density at radius 1 is 1.27 bits per heavy atom. The van der Waals surface area contributed by atoms with Crippen molar-refractivity contribution < 1.29 is 14.3 Å². The van der Waals surface area contributed by atoms with Gasteiger partial charge in [-0.05, 0) is 77.8 Å². The Balaban J connectivity index is 2.01. The van der Waals surface area contributed by atoms with Gasteiger partial charge >= 0.3 is 0 Å². The summed E-state index contributed by atoms with van der Waals surface area (Å²) in [7, 11) is 1.60. The Bertz CT molecular complexity index is 751. The van der Waals surface area contributed by atoms with Crippen molar-refractivity contribution in [3.05, 3.63) is 47.1 Å². The highest BCUT2D eigenvalue weighted by atomic mass is 16.5. The average molecular weight is 415 g/mol. The van der Waals surface area contributed by atoms with Gasteiger partial charge in [-0.25, -0.2) is 0 Å². The number of likely N-dealkylation sites (tertiary alicyclic amines) is 1. The van der Waals surface area contributed by atoms with Gasteiger partial charge in [0.1, 0.15) is 6.61 Å². The second-order valence-electron chi connectivity index (χ2n) is 8.15. The number of ether oxygens (including phenoxy) is 2. The summed E-state index contributed by atoms with van der Waals surface area (Å²) >= 11 is 0. The summed E-state index contributed by atoms with van der Waals surface area (Å²) in [6.45, 7) is 11.7. The van der Waals surface area contributed by atoms with Crippen LogP contribution in [-0.4, -0.2) is 50.2 Å². The Labute approximate surface area is 182 Å². The van der Waals surface area contributed by atoms with E-state index in [1.54, 1.807) is 13.2 Å². The molecule has 0 saturated carbocycles. The summed E-state index contributed by atoms with van der Waals surface area (Å²) < 4.78 is 11.5. The van der Waals surface area contributed by atoms with Crippen molar-refractivity contribution in [2.45, 2.75) is 59.4 Å². The summed E-state index contributed by atoms with van der Waals surface area (Å²) in [5.41, 5.74) is 3.13. The van der Waals surface area contributed by atoms with Gasteiger partial charge in [-0.1, -0.05) is 30.2 Å². The SMILES string of the molecule is CCN1CCCC1CNC(=O)c1cccc(OC)c1OC/C=C(\C)CCC=C(C)C. The molecule has 1 fully saturated rings. The molecule has 5 nitrogen and oxygen atoms in total. The third-order valence-corrected chi connectivity index (χ3v) is 5.60. The molecule has 1 saturated heterocycles. The van der Waals surface area contributed by atoms with Crippen molar-refractivity contribution in [3.8, 4) is 11.5 Å². The number of hydrogen-bond acceptors (Lipinski definition) is 4. The predicted octanol–water partition coefficient (Wildman–Crippen LogP) is 4.98. The molecule has 5 heteroatoms. The van der Waals surface area contributed by atoms with Gasteiger partial charge in [0.15, 0.2) is 11.5 Å². The number of nitrogens with zero attached hydrogens (tertiary/aromatic N) is 1. The molecule has 0 spiro atoms. The molecule has 1 aliphatic rings. The smallest absolute Gasteiger partial charge is 0.255 e. The van der Waals surface area contributed by atoms with Crippen LogP contribution in [-0.2, 0) is 0 Å². The number of rotatable bonds is 11. The van der Waals surface area contributed by atoms with Crippen molar-refractivity contribution >= 4 is 5.91 Å². The van der Waals surface area contributed by atoms with Crippen molar-refractivity contribution in [2.75, 3.05) is 33.4 Å². The maximum Gasteiger partial charge on any atom is 0.255 e. The monoisotopic (exact) mass is 414 g/mol. The molecule has 1 unspecified atom stereocenters. The van der Waals surface area contributed by atoms with Crippen molar-refractivity contribution in [1.82, 2.24) is 10.2 Å². The van der Waals surface area contributed by atoms with Gasteiger partial charge in [-0.15, -0.1) is 0 Å². The first-order chi connectivity index (χ1) is 14.5. The largest absolute Gasteiger partial charge is 0.493 e. The lowest BCUT2D eigenvalue weighted by Crippen LogP contribution is -2.40. The summed E-state index contributed by atoms with van der Waals surface area (Å²) in [5.74, 6) is 0.968. The molecule has 166 valence electrons. The second kappa shape index (κ2) is 12.4. The van der Waals surface area contributed by atoms with E-state index in [-0.39, 0.29) is 5.91 Å². The van der Waals surface area contributed by atoms with Crippen LogP contribution < -0.4 is 14.8 Å². The van der Waals surface area contributed by atoms with E-state index in [1.807, 2.05) is 12.1 Å².